The summed E-state index contributed by atoms with van der Waals surface area (Å²) in [7, 11) is -2.60. The summed E-state index contributed by atoms with van der Waals surface area (Å²) in [6, 6.07) is 15.8. The van der Waals surface area contributed by atoms with Crippen molar-refractivity contribution in [2.24, 2.45) is 0 Å². The molecule has 0 aliphatic heterocycles. The quantitative estimate of drug-likeness (QED) is 0.380. The Morgan fingerprint density at radius 2 is 1.68 bits per heavy atom. The highest BCUT2D eigenvalue weighted by Crippen LogP contribution is 2.24. The summed E-state index contributed by atoms with van der Waals surface area (Å²) in [6.07, 6.45) is 1.51. The van der Waals surface area contributed by atoms with Crippen molar-refractivity contribution < 1.29 is 18.0 Å². The van der Waals surface area contributed by atoms with Crippen LogP contribution in [0.2, 0.25) is 0 Å². The molecular weight excluding hydrogens is 416 g/mol. The number of hydrogen-bond acceptors (Lipinski definition) is 7. The van der Waals surface area contributed by atoms with E-state index in [9.17, 15) is 13.2 Å². The van der Waals surface area contributed by atoms with Crippen molar-refractivity contribution in [1.29, 1.82) is 0 Å². The van der Waals surface area contributed by atoms with Crippen LogP contribution < -0.4 is 10.8 Å². The molecule has 0 radical (unpaired) electrons. The number of aromatic nitrogens is 2. The Morgan fingerprint density at radius 1 is 1.00 bits per heavy atom. The number of amides is 1. The van der Waals surface area contributed by atoms with E-state index < -0.39 is 16.3 Å². The number of thiol groups is 1. The molecule has 8 nitrogen and oxygen atoms in total. The predicted molar refractivity (Wildman–Crippen MR) is 120 cm³/mol. The molecule has 0 saturated carbocycles. The van der Waals surface area contributed by atoms with Gasteiger partial charge in [0.05, 0.1) is 22.7 Å². The van der Waals surface area contributed by atoms with E-state index in [2.05, 4.69) is 20.8 Å². The molecule has 0 aliphatic carbocycles. The normalized spacial score (nSPS) is 11.4. The molecular formula is C22H24N4O4S. The standard InChI is InChI=1S/C22H24N4O4S/c1-22(2,3)30-26-19-7-5-4-6-18(19)25-21(27)16-10-8-15(9-11-16)17-12-13-23-20(24-17)14-31(28)29/h4-13,26,31H,14H2,1-3H3,(H,25,27). The number of nitrogens with one attached hydrogen (secondary N) is 2. The van der Waals surface area contributed by atoms with Crippen molar-refractivity contribution in [3.8, 4) is 11.3 Å². The number of para-hydroxylation sites is 2. The van der Waals surface area contributed by atoms with Crippen molar-refractivity contribution in [2.45, 2.75) is 32.1 Å². The van der Waals surface area contributed by atoms with Gasteiger partial charge in [0.2, 0.25) is 0 Å². The third-order valence-corrected chi connectivity index (χ3v) is 4.60. The lowest BCUT2D eigenvalue weighted by Crippen LogP contribution is -2.23. The molecule has 1 heterocycles. The molecule has 0 spiro atoms. The van der Waals surface area contributed by atoms with Gasteiger partial charge in [-0.2, -0.15) is 0 Å². The van der Waals surface area contributed by atoms with Crippen molar-refractivity contribution in [3.63, 3.8) is 0 Å². The maximum atomic E-state index is 12.7. The summed E-state index contributed by atoms with van der Waals surface area (Å²) in [5, 5.41) is 2.88. The average Bonchev–Trinajstić information content (AvgIpc) is 2.72. The Labute approximate surface area is 182 Å². The van der Waals surface area contributed by atoms with Gasteiger partial charge in [-0.05, 0) is 51.1 Å². The zero-order valence-electron chi connectivity index (χ0n) is 17.5. The number of benzene rings is 2. The van der Waals surface area contributed by atoms with E-state index in [4.69, 9.17) is 4.84 Å². The number of carbonyl (C=O) groups excluding carboxylic acids is 1. The first-order valence-corrected chi connectivity index (χ1v) is 11.0. The van der Waals surface area contributed by atoms with Gasteiger partial charge in [-0.3, -0.25) is 15.1 Å². The fourth-order valence-electron chi connectivity index (χ4n) is 2.63. The number of nitrogens with zero attached hydrogens (tertiary/aromatic N) is 2. The van der Waals surface area contributed by atoms with Gasteiger partial charge in [0.15, 0.2) is 0 Å². The highest BCUT2D eigenvalue weighted by atomic mass is 32.2. The van der Waals surface area contributed by atoms with Crippen molar-refractivity contribution in [1.82, 2.24) is 9.97 Å². The molecule has 162 valence electrons. The molecule has 0 atom stereocenters. The topological polar surface area (TPSA) is 110 Å². The second-order valence-electron chi connectivity index (χ2n) is 7.74. The molecule has 3 rings (SSSR count). The molecule has 0 saturated heterocycles. The Bertz CT molecular complexity index is 1130. The van der Waals surface area contributed by atoms with Crippen LogP contribution >= 0.6 is 0 Å². The minimum Gasteiger partial charge on any atom is -0.320 e. The first-order chi connectivity index (χ1) is 14.7. The summed E-state index contributed by atoms with van der Waals surface area (Å²) in [5.74, 6) is -0.254. The van der Waals surface area contributed by atoms with Crippen LogP contribution in [0.4, 0.5) is 11.4 Å². The molecule has 2 aromatic carbocycles. The Morgan fingerprint density at radius 3 is 2.32 bits per heavy atom. The van der Waals surface area contributed by atoms with Crippen LogP contribution in [0.25, 0.3) is 11.3 Å². The lowest BCUT2D eigenvalue weighted by Gasteiger charge is -2.21. The van der Waals surface area contributed by atoms with Gasteiger partial charge in [-0.25, -0.2) is 18.4 Å². The Balaban J connectivity index is 1.73. The van der Waals surface area contributed by atoms with E-state index in [1.54, 1.807) is 36.4 Å². The molecule has 0 fully saturated rings. The number of hydrogen-bond donors (Lipinski definition) is 3. The van der Waals surface area contributed by atoms with E-state index in [1.807, 2.05) is 39.0 Å². The van der Waals surface area contributed by atoms with Crippen molar-refractivity contribution in [3.05, 3.63) is 72.2 Å². The summed E-state index contributed by atoms with van der Waals surface area (Å²) < 4.78 is 21.8. The maximum absolute atomic E-state index is 12.7. The summed E-state index contributed by atoms with van der Waals surface area (Å²) in [6.45, 7) is 5.76. The lowest BCUT2D eigenvalue weighted by atomic mass is 10.1. The second kappa shape index (κ2) is 9.67. The smallest absolute Gasteiger partial charge is 0.255 e. The summed E-state index contributed by atoms with van der Waals surface area (Å²) >= 11 is 0. The van der Waals surface area contributed by atoms with Gasteiger partial charge in [-0.1, -0.05) is 24.3 Å². The number of rotatable bonds is 7. The third-order valence-electron chi connectivity index (χ3n) is 4.06. The summed E-state index contributed by atoms with van der Waals surface area (Å²) in [4.78, 5) is 26.5. The first kappa shape index (κ1) is 22.4. The fourth-order valence-corrected chi connectivity index (χ4v) is 3.01. The Hall–Kier alpha value is -3.30. The fraction of sp³-hybridized carbons (Fsp3) is 0.227. The zero-order valence-corrected chi connectivity index (χ0v) is 18.3. The van der Waals surface area contributed by atoms with Crippen molar-refractivity contribution >= 4 is 28.0 Å². The van der Waals surface area contributed by atoms with Crippen LogP contribution in [-0.2, 0) is 21.3 Å². The van der Waals surface area contributed by atoms with Gasteiger partial charge in [-0.15, -0.1) is 0 Å². The highest BCUT2D eigenvalue weighted by Gasteiger charge is 2.14. The van der Waals surface area contributed by atoms with E-state index in [0.29, 0.717) is 22.6 Å². The minimum absolute atomic E-state index is 0.212. The molecule has 0 aliphatic rings. The van der Waals surface area contributed by atoms with Gasteiger partial charge >= 0.3 is 0 Å². The molecule has 3 aromatic rings. The van der Waals surface area contributed by atoms with Crippen molar-refractivity contribution in [2.75, 3.05) is 10.8 Å². The first-order valence-electron chi connectivity index (χ1n) is 9.60. The predicted octanol–water partition coefficient (Wildman–Crippen LogP) is 3.65. The third kappa shape index (κ3) is 6.59. The van der Waals surface area contributed by atoms with Gasteiger partial charge in [0.1, 0.15) is 22.3 Å². The molecule has 9 heteroatoms. The SMILES string of the molecule is CC(C)(C)ONc1ccccc1NC(=O)c1ccc(-c2ccnc(C[SH](=O)=O)n2)cc1. The van der Waals surface area contributed by atoms with Crippen LogP contribution in [0.5, 0.6) is 0 Å². The molecule has 0 bridgehead atoms. The average molecular weight is 441 g/mol. The minimum atomic E-state index is -2.60. The van der Waals surface area contributed by atoms with Crippen LogP contribution in [0.15, 0.2) is 60.8 Å². The van der Waals surface area contributed by atoms with Crippen LogP contribution in [0, 0.1) is 0 Å². The number of anilines is 2. The van der Waals surface area contributed by atoms with E-state index in [-0.39, 0.29) is 17.5 Å². The molecule has 0 unspecified atom stereocenters. The Kier molecular flexibility index (Phi) is 6.98. The van der Waals surface area contributed by atoms with Gasteiger partial charge in [0, 0.05) is 17.3 Å². The molecule has 31 heavy (non-hydrogen) atoms. The number of carbonyl (C=O) groups is 1. The van der Waals surface area contributed by atoms with Gasteiger partial charge in [0.25, 0.3) is 5.91 Å². The van der Waals surface area contributed by atoms with E-state index >= 15 is 0 Å². The molecule has 1 aromatic heterocycles. The lowest BCUT2D eigenvalue weighted by molar-refractivity contribution is 0.0376. The van der Waals surface area contributed by atoms with Crippen LogP contribution in [0.3, 0.4) is 0 Å². The molecule has 1 amide bonds. The van der Waals surface area contributed by atoms with Gasteiger partial charge < -0.3 is 5.32 Å². The van der Waals surface area contributed by atoms with Crippen LogP contribution in [-0.4, -0.2) is 29.9 Å². The second-order valence-corrected chi connectivity index (χ2v) is 8.72. The monoisotopic (exact) mass is 440 g/mol. The van der Waals surface area contributed by atoms with E-state index in [1.165, 1.54) is 6.20 Å². The summed E-state index contributed by atoms with van der Waals surface area (Å²) in [5.41, 5.74) is 5.53. The highest BCUT2D eigenvalue weighted by molar-refractivity contribution is 7.71. The van der Waals surface area contributed by atoms with Crippen LogP contribution in [0.1, 0.15) is 37.0 Å². The largest absolute Gasteiger partial charge is 0.320 e. The molecule has 2 N–H and O–H groups in total. The zero-order chi connectivity index (χ0) is 22.4. The maximum Gasteiger partial charge on any atom is 0.255 e. The van der Waals surface area contributed by atoms with E-state index in [0.717, 1.165) is 5.56 Å².